The van der Waals surface area contributed by atoms with Gasteiger partial charge in [0.05, 0.1) is 22.5 Å². The number of benzene rings is 2. The second-order valence-electron chi connectivity index (χ2n) is 6.84. The quantitative estimate of drug-likeness (QED) is 0.641. The number of aryl methyl sites for hydroxylation is 1. The molecule has 0 spiro atoms. The van der Waals surface area contributed by atoms with Crippen molar-refractivity contribution < 1.29 is 12.8 Å². The molecule has 0 aliphatic rings. The van der Waals surface area contributed by atoms with Gasteiger partial charge in [-0.25, -0.2) is 22.1 Å². The van der Waals surface area contributed by atoms with Crippen molar-refractivity contribution >= 4 is 21.1 Å². The highest BCUT2D eigenvalue weighted by Gasteiger charge is 2.19. The fourth-order valence-corrected chi connectivity index (χ4v) is 4.20. The number of aromatic nitrogens is 2. The third-order valence-corrected chi connectivity index (χ3v) is 6.56. The Balaban J connectivity index is 2.18. The third kappa shape index (κ3) is 4.10. The molecule has 0 aliphatic carbocycles. The summed E-state index contributed by atoms with van der Waals surface area (Å²) in [6.07, 6.45) is 1.99. The number of allylic oxidation sites excluding steroid dienone is 1. The zero-order valence-corrected chi connectivity index (χ0v) is 17.6. The van der Waals surface area contributed by atoms with Crippen molar-refractivity contribution in [3.8, 4) is 11.1 Å². The van der Waals surface area contributed by atoms with Crippen molar-refractivity contribution in [1.82, 2.24) is 13.9 Å². The van der Waals surface area contributed by atoms with E-state index in [1.54, 1.807) is 18.2 Å². The van der Waals surface area contributed by atoms with Gasteiger partial charge in [0.1, 0.15) is 11.7 Å². The number of fused-ring (bicyclic) bond motifs is 1. The van der Waals surface area contributed by atoms with Crippen molar-refractivity contribution in [2.75, 3.05) is 20.6 Å². The summed E-state index contributed by atoms with van der Waals surface area (Å²) in [5.41, 5.74) is 8.46. The second-order valence-corrected chi connectivity index (χ2v) is 8.99. The standard InChI is InChI=1S/C21H25FN4O2S/c1-4-20-24-21-18(9-6-10-19(21)26(20)14-16(22)11-12-23)15-7-5-8-17(13-15)29(27,28)25(2)3/h5-11,13H,4,12,14,23H2,1-3H3/b16-11-. The first-order chi connectivity index (χ1) is 13.8. The average molecular weight is 417 g/mol. The van der Waals surface area contributed by atoms with Crippen LogP contribution in [0.5, 0.6) is 0 Å². The summed E-state index contributed by atoms with van der Waals surface area (Å²) in [7, 11) is -0.549. The van der Waals surface area contributed by atoms with Crippen molar-refractivity contribution in [1.29, 1.82) is 0 Å². The fourth-order valence-electron chi connectivity index (χ4n) is 3.25. The summed E-state index contributed by atoms with van der Waals surface area (Å²) in [5, 5.41) is 0. The minimum Gasteiger partial charge on any atom is -0.327 e. The van der Waals surface area contributed by atoms with Gasteiger partial charge in [-0.1, -0.05) is 31.2 Å². The maximum Gasteiger partial charge on any atom is 0.242 e. The van der Waals surface area contributed by atoms with E-state index < -0.39 is 10.0 Å². The van der Waals surface area contributed by atoms with Crippen LogP contribution in [0.2, 0.25) is 0 Å². The van der Waals surface area contributed by atoms with Crippen molar-refractivity contribution in [2.24, 2.45) is 5.73 Å². The van der Waals surface area contributed by atoms with Gasteiger partial charge in [-0.2, -0.15) is 0 Å². The molecule has 0 saturated heterocycles. The summed E-state index contributed by atoms with van der Waals surface area (Å²) >= 11 is 0. The Morgan fingerprint density at radius 1 is 1.24 bits per heavy atom. The van der Waals surface area contributed by atoms with E-state index in [9.17, 15) is 12.8 Å². The van der Waals surface area contributed by atoms with Gasteiger partial charge in [-0.3, -0.25) is 0 Å². The molecule has 0 fully saturated rings. The molecule has 3 aromatic rings. The molecule has 1 heterocycles. The lowest BCUT2D eigenvalue weighted by Crippen LogP contribution is -2.22. The Kier molecular flexibility index (Phi) is 6.16. The van der Waals surface area contributed by atoms with Crippen LogP contribution in [-0.4, -0.2) is 42.9 Å². The lowest BCUT2D eigenvalue weighted by molar-refractivity contribution is 0.521. The highest BCUT2D eigenvalue weighted by molar-refractivity contribution is 7.89. The van der Waals surface area contributed by atoms with Gasteiger partial charge < -0.3 is 10.3 Å². The second kappa shape index (κ2) is 8.44. The third-order valence-electron chi connectivity index (χ3n) is 4.75. The molecule has 0 atom stereocenters. The van der Waals surface area contributed by atoms with Gasteiger partial charge >= 0.3 is 0 Å². The lowest BCUT2D eigenvalue weighted by atomic mass is 10.0. The van der Waals surface area contributed by atoms with Gasteiger partial charge in [0.15, 0.2) is 0 Å². The fraction of sp³-hybridized carbons (Fsp3) is 0.286. The maximum absolute atomic E-state index is 14.2. The Bertz CT molecular complexity index is 1170. The van der Waals surface area contributed by atoms with Gasteiger partial charge in [-0.15, -0.1) is 0 Å². The highest BCUT2D eigenvalue weighted by Crippen LogP contribution is 2.31. The molecule has 2 aromatic carbocycles. The van der Waals surface area contributed by atoms with E-state index in [-0.39, 0.29) is 23.8 Å². The zero-order chi connectivity index (χ0) is 21.2. The van der Waals surface area contributed by atoms with Crippen LogP contribution in [-0.2, 0) is 23.0 Å². The molecular formula is C21H25FN4O2S. The number of rotatable bonds is 7. The van der Waals surface area contributed by atoms with E-state index in [1.165, 1.54) is 24.5 Å². The van der Waals surface area contributed by atoms with Gasteiger partial charge in [-0.05, 0) is 29.8 Å². The monoisotopic (exact) mass is 416 g/mol. The number of imidazole rings is 1. The number of halogens is 1. The van der Waals surface area contributed by atoms with E-state index in [0.29, 0.717) is 11.9 Å². The lowest BCUT2D eigenvalue weighted by Gasteiger charge is -2.12. The normalized spacial score (nSPS) is 12.8. The van der Waals surface area contributed by atoms with Gasteiger partial charge in [0.2, 0.25) is 10.0 Å². The summed E-state index contributed by atoms with van der Waals surface area (Å²) in [6.45, 7) is 2.17. The average Bonchev–Trinajstić information content (AvgIpc) is 3.05. The van der Waals surface area contributed by atoms with Crippen LogP contribution >= 0.6 is 0 Å². The Hall–Kier alpha value is -2.55. The topological polar surface area (TPSA) is 81.2 Å². The molecule has 0 radical (unpaired) electrons. The molecule has 6 nitrogen and oxygen atoms in total. The highest BCUT2D eigenvalue weighted by atomic mass is 32.2. The SMILES string of the molecule is CCc1nc2c(-c3cccc(S(=O)(=O)N(C)C)c3)cccc2n1C/C(F)=C/CN. The van der Waals surface area contributed by atoms with Crippen molar-refractivity contribution in [2.45, 2.75) is 24.8 Å². The first kappa shape index (κ1) is 21.2. The Morgan fingerprint density at radius 2 is 1.97 bits per heavy atom. The van der Waals surface area contributed by atoms with Crippen LogP contribution < -0.4 is 5.73 Å². The predicted molar refractivity (Wildman–Crippen MR) is 114 cm³/mol. The maximum atomic E-state index is 14.2. The molecule has 1 aromatic heterocycles. The summed E-state index contributed by atoms with van der Waals surface area (Å²) in [4.78, 5) is 4.94. The number of para-hydroxylation sites is 1. The zero-order valence-electron chi connectivity index (χ0n) is 16.8. The Labute approximate surface area is 170 Å². The number of sulfonamides is 1. The molecule has 29 heavy (non-hydrogen) atoms. The molecule has 8 heteroatoms. The molecule has 0 aliphatic heterocycles. The molecule has 3 rings (SSSR count). The van der Waals surface area contributed by atoms with Crippen molar-refractivity contribution in [3.63, 3.8) is 0 Å². The summed E-state index contributed by atoms with van der Waals surface area (Å²) in [5.74, 6) is 0.441. The summed E-state index contributed by atoms with van der Waals surface area (Å²) < 4.78 is 42.2. The van der Waals surface area contributed by atoms with Crippen LogP contribution in [0.15, 0.2) is 59.3 Å². The molecule has 0 unspecified atom stereocenters. The van der Waals surface area contributed by atoms with Gasteiger partial charge in [0.25, 0.3) is 0 Å². The number of nitrogens with zero attached hydrogens (tertiary/aromatic N) is 3. The molecule has 154 valence electrons. The Morgan fingerprint density at radius 3 is 2.62 bits per heavy atom. The van der Waals surface area contributed by atoms with E-state index >= 15 is 0 Å². The predicted octanol–water partition coefficient (Wildman–Crippen LogP) is 3.33. The minimum atomic E-state index is -3.55. The first-order valence-electron chi connectivity index (χ1n) is 9.35. The van der Waals surface area contributed by atoms with E-state index in [1.807, 2.05) is 35.8 Å². The minimum absolute atomic E-state index is 0.0649. The number of nitrogens with two attached hydrogens (primary N) is 1. The number of hydrogen-bond donors (Lipinski definition) is 1. The number of hydrogen-bond acceptors (Lipinski definition) is 4. The smallest absolute Gasteiger partial charge is 0.242 e. The van der Waals surface area contributed by atoms with E-state index in [0.717, 1.165) is 22.5 Å². The van der Waals surface area contributed by atoms with Crippen LogP contribution in [0.1, 0.15) is 12.7 Å². The first-order valence-corrected chi connectivity index (χ1v) is 10.8. The molecule has 0 bridgehead atoms. The van der Waals surface area contributed by atoms with Crippen LogP contribution in [0.4, 0.5) is 4.39 Å². The molecule has 0 saturated carbocycles. The van der Waals surface area contributed by atoms with Crippen molar-refractivity contribution in [3.05, 3.63) is 60.2 Å². The van der Waals surface area contributed by atoms with E-state index in [2.05, 4.69) is 0 Å². The summed E-state index contributed by atoms with van der Waals surface area (Å²) in [6, 6.07) is 12.4. The van der Waals surface area contributed by atoms with Crippen LogP contribution in [0.25, 0.3) is 22.2 Å². The molecule has 0 amide bonds. The van der Waals surface area contributed by atoms with Crippen LogP contribution in [0, 0.1) is 0 Å². The van der Waals surface area contributed by atoms with E-state index in [4.69, 9.17) is 10.7 Å². The molecular weight excluding hydrogens is 391 g/mol. The molecule has 2 N–H and O–H groups in total. The largest absolute Gasteiger partial charge is 0.327 e. The van der Waals surface area contributed by atoms with Gasteiger partial charge in [0, 0.05) is 32.6 Å². The van der Waals surface area contributed by atoms with Crippen LogP contribution in [0.3, 0.4) is 0 Å².